The van der Waals surface area contributed by atoms with Gasteiger partial charge in [-0.3, -0.25) is 9.59 Å². The second-order valence-corrected chi connectivity index (χ2v) is 6.51. The first-order valence-electron chi connectivity index (χ1n) is 8.76. The van der Waals surface area contributed by atoms with Gasteiger partial charge in [-0.2, -0.15) is 5.26 Å². The number of piperidine rings is 1. The molecule has 0 spiro atoms. The molecule has 134 valence electrons. The highest BCUT2D eigenvalue weighted by Crippen LogP contribution is 2.17. The second kappa shape index (κ2) is 9.07. The van der Waals surface area contributed by atoms with E-state index in [9.17, 15) is 9.59 Å². The molecule has 0 saturated carbocycles. The third-order valence-corrected chi connectivity index (χ3v) is 4.41. The van der Waals surface area contributed by atoms with Gasteiger partial charge in [0.2, 0.25) is 11.8 Å². The Morgan fingerprint density at radius 1 is 1.44 bits per heavy atom. The molecule has 2 rings (SSSR count). The van der Waals surface area contributed by atoms with Gasteiger partial charge in [-0.1, -0.05) is 12.1 Å². The lowest BCUT2D eigenvalue weighted by Crippen LogP contribution is -2.39. The van der Waals surface area contributed by atoms with Gasteiger partial charge in [0.05, 0.1) is 12.5 Å². The molecule has 2 amide bonds. The average Bonchev–Trinajstić information content (AvgIpc) is 2.61. The molecule has 1 heterocycles. The minimum atomic E-state index is -0.379. The summed E-state index contributed by atoms with van der Waals surface area (Å²) in [6.07, 6.45) is 3.01. The number of benzene rings is 1. The van der Waals surface area contributed by atoms with E-state index in [2.05, 4.69) is 5.32 Å². The molecule has 1 fully saturated rings. The highest BCUT2D eigenvalue weighted by Gasteiger charge is 2.19. The molecule has 0 unspecified atom stereocenters. The highest BCUT2D eigenvalue weighted by molar-refractivity contribution is 5.84. The number of amides is 2. The molecule has 1 atom stereocenters. The number of rotatable bonds is 7. The fourth-order valence-electron chi connectivity index (χ4n) is 2.98. The van der Waals surface area contributed by atoms with Crippen molar-refractivity contribution >= 4 is 17.5 Å². The second-order valence-electron chi connectivity index (χ2n) is 6.51. The van der Waals surface area contributed by atoms with Crippen molar-refractivity contribution in [2.24, 2.45) is 0 Å². The first-order chi connectivity index (χ1) is 12.0. The van der Waals surface area contributed by atoms with Gasteiger partial charge in [-0.05, 0) is 37.5 Å². The molecule has 0 radical (unpaired) electrons. The Balaban J connectivity index is 1.95. The molecule has 25 heavy (non-hydrogen) atoms. The summed E-state index contributed by atoms with van der Waals surface area (Å²) in [7, 11) is 1.70. The van der Waals surface area contributed by atoms with Crippen LogP contribution in [0.2, 0.25) is 0 Å². The van der Waals surface area contributed by atoms with E-state index in [0.29, 0.717) is 25.9 Å². The van der Waals surface area contributed by atoms with Crippen LogP contribution in [0.15, 0.2) is 24.3 Å². The number of hydrogen-bond acceptors (Lipinski definition) is 4. The molecule has 1 saturated heterocycles. The molecule has 6 heteroatoms. The van der Waals surface area contributed by atoms with E-state index in [1.807, 2.05) is 42.2 Å². The maximum absolute atomic E-state index is 12.3. The summed E-state index contributed by atoms with van der Waals surface area (Å²) in [5.41, 5.74) is 1.91. The van der Waals surface area contributed by atoms with E-state index in [-0.39, 0.29) is 17.9 Å². The van der Waals surface area contributed by atoms with Crippen molar-refractivity contribution in [1.29, 1.82) is 5.26 Å². The van der Waals surface area contributed by atoms with Crippen molar-refractivity contribution in [3.8, 4) is 6.07 Å². The average molecular weight is 342 g/mol. The van der Waals surface area contributed by atoms with Crippen LogP contribution in [0, 0.1) is 11.3 Å². The number of nitriles is 1. The number of carbonyl (C=O) groups is 2. The van der Waals surface area contributed by atoms with Crippen molar-refractivity contribution in [3.63, 3.8) is 0 Å². The molecule has 0 bridgehead atoms. The third-order valence-electron chi connectivity index (χ3n) is 4.41. The Hall–Kier alpha value is -2.55. The smallest absolute Gasteiger partial charge is 0.244 e. The third kappa shape index (κ3) is 5.49. The zero-order valence-corrected chi connectivity index (χ0v) is 15.0. The normalized spacial score (nSPS) is 15.4. The first kappa shape index (κ1) is 18.8. The van der Waals surface area contributed by atoms with Crippen LogP contribution < -0.4 is 5.32 Å². The summed E-state index contributed by atoms with van der Waals surface area (Å²) in [5, 5.41) is 11.8. The zero-order chi connectivity index (χ0) is 18.2. The van der Waals surface area contributed by atoms with E-state index in [1.165, 1.54) is 0 Å². The van der Waals surface area contributed by atoms with Crippen LogP contribution in [0.5, 0.6) is 0 Å². The Kier molecular flexibility index (Phi) is 6.81. The maximum atomic E-state index is 12.3. The van der Waals surface area contributed by atoms with Crippen LogP contribution in [-0.4, -0.2) is 47.8 Å². The van der Waals surface area contributed by atoms with Gasteiger partial charge in [0.1, 0.15) is 6.04 Å². The summed E-state index contributed by atoms with van der Waals surface area (Å²) in [6.45, 7) is 3.67. The number of anilines is 1. The van der Waals surface area contributed by atoms with Crippen molar-refractivity contribution in [1.82, 2.24) is 9.80 Å². The number of likely N-dealkylation sites (tertiary alicyclic amines) is 1. The Labute approximate surface area is 149 Å². The highest BCUT2D eigenvalue weighted by atomic mass is 16.2. The van der Waals surface area contributed by atoms with Crippen molar-refractivity contribution in [2.75, 3.05) is 25.5 Å². The maximum Gasteiger partial charge on any atom is 0.244 e. The monoisotopic (exact) mass is 342 g/mol. The van der Waals surface area contributed by atoms with Crippen LogP contribution in [0.3, 0.4) is 0 Å². The summed E-state index contributed by atoms with van der Waals surface area (Å²) in [5.74, 6) is 0.166. The summed E-state index contributed by atoms with van der Waals surface area (Å²) < 4.78 is 0. The number of nitrogens with zero attached hydrogens (tertiary/aromatic N) is 3. The number of likely N-dealkylation sites (N-methyl/N-ethyl adjacent to an activating group) is 1. The van der Waals surface area contributed by atoms with Crippen molar-refractivity contribution < 1.29 is 9.59 Å². The van der Waals surface area contributed by atoms with Gasteiger partial charge in [0.25, 0.3) is 0 Å². The molecule has 0 aromatic heterocycles. The van der Waals surface area contributed by atoms with Gasteiger partial charge < -0.3 is 15.1 Å². The van der Waals surface area contributed by atoms with Crippen molar-refractivity contribution in [3.05, 3.63) is 29.8 Å². The van der Waals surface area contributed by atoms with Crippen molar-refractivity contribution in [2.45, 2.75) is 45.2 Å². The van der Waals surface area contributed by atoms with Gasteiger partial charge in [-0.15, -0.1) is 0 Å². The van der Waals surface area contributed by atoms with Crippen LogP contribution >= 0.6 is 0 Å². The minimum Gasteiger partial charge on any atom is -0.374 e. The van der Waals surface area contributed by atoms with Crippen LogP contribution in [-0.2, 0) is 16.1 Å². The fourth-order valence-corrected chi connectivity index (χ4v) is 2.98. The zero-order valence-electron chi connectivity index (χ0n) is 15.0. The van der Waals surface area contributed by atoms with Crippen LogP contribution in [0.4, 0.5) is 5.69 Å². The molecule has 6 nitrogen and oxygen atoms in total. The summed E-state index contributed by atoms with van der Waals surface area (Å²) in [4.78, 5) is 27.7. The lowest BCUT2D eigenvalue weighted by Gasteiger charge is -2.27. The van der Waals surface area contributed by atoms with E-state index in [1.54, 1.807) is 11.9 Å². The largest absolute Gasteiger partial charge is 0.374 e. The number of nitrogens with one attached hydrogen (secondary N) is 1. The Morgan fingerprint density at radius 3 is 2.96 bits per heavy atom. The SMILES string of the molecule is C[C@@H](Nc1cccc(CN2CCCCC2=O)c1)C(=O)N(C)CCC#N. The van der Waals surface area contributed by atoms with Crippen LogP contribution in [0.1, 0.15) is 38.2 Å². The lowest BCUT2D eigenvalue weighted by molar-refractivity contribution is -0.134. The number of hydrogen-bond donors (Lipinski definition) is 1. The molecule has 0 aliphatic carbocycles. The topological polar surface area (TPSA) is 76.4 Å². The summed E-state index contributed by atoms with van der Waals surface area (Å²) in [6, 6.07) is 9.50. The van der Waals surface area contributed by atoms with Gasteiger partial charge >= 0.3 is 0 Å². The van der Waals surface area contributed by atoms with E-state index >= 15 is 0 Å². The van der Waals surface area contributed by atoms with E-state index in [4.69, 9.17) is 5.26 Å². The minimum absolute atomic E-state index is 0.0492. The Bertz CT molecular complexity index is 653. The quantitative estimate of drug-likeness (QED) is 0.825. The molecule has 1 aromatic rings. The van der Waals surface area contributed by atoms with Gasteiger partial charge in [0, 0.05) is 38.8 Å². The number of carbonyl (C=O) groups excluding carboxylic acids is 2. The van der Waals surface area contributed by atoms with Gasteiger partial charge in [0.15, 0.2) is 0 Å². The van der Waals surface area contributed by atoms with Crippen LogP contribution in [0.25, 0.3) is 0 Å². The molecule has 1 N–H and O–H groups in total. The standard InChI is InChI=1S/C19H26N4O2/c1-15(19(25)22(2)11-6-10-20)21-17-8-5-7-16(13-17)14-23-12-4-3-9-18(23)24/h5,7-8,13,15,21H,3-4,6,9,11-12,14H2,1-2H3/t15-/m1/s1. The first-order valence-corrected chi connectivity index (χ1v) is 8.76. The predicted octanol–water partition coefficient (Wildman–Crippen LogP) is 2.37. The molecule has 1 aliphatic heterocycles. The predicted molar refractivity (Wildman–Crippen MR) is 96.7 cm³/mol. The van der Waals surface area contributed by atoms with E-state index < -0.39 is 0 Å². The lowest BCUT2D eigenvalue weighted by atomic mass is 10.1. The summed E-state index contributed by atoms with van der Waals surface area (Å²) >= 11 is 0. The molecule has 1 aliphatic rings. The fraction of sp³-hybridized carbons (Fsp3) is 0.526. The molecular formula is C19H26N4O2. The van der Waals surface area contributed by atoms with E-state index in [0.717, 1.165) is 30.6 Å². The Morgan fingerprint density at radius 2 is 2.24 bits per heavy atom. The molecular weight excluding hydrogens is 316 g/mol. The molecule has 1 aromatic carbocycles. The van der Waals surface area contributed by atoms with Gasteiger partial charge in [-0.25, -0.2) is 0 Å².